The number of carbonyl (C=O) groups excluding carboxylic acids is 3. The minimum atomic E-state index is -0.317. The number of fused-ring (bicyclic) bond motifs is 4. The van der Waals surface area contributed by atoms with Gasteiger partial charge in [-0.25, -0.2) is 15.0 Å². The van der Waals surface area contributed by atoms with Crippen molar-refractivity contribution in [2.45, 2.75) is 64.8 Å². The van der Waals surface area contributed by atoms with Gasteiger partial charge < -0.3 is 98.5 Å². The molecular weight excluding hydrogens is 1390 g/mol. The molecule has 2 aliphatic rings. The van der Waals surface area contributed by atoms with Crippen LogP contribution in [0.2, 0.25) is 0 Å². The van der Waals surface area contributed by atoms with Gasteiger partial charge in [0.05, 0.1) is 88.5 Å². The highest BCUT2D eigenvalue weighted by molar-refractivity contribution is 6.02. The van der Waals surface area contributed by atoms with E-state index in [0.717, 1.165) is 80.7 Å². The average Bonchev–Trinajstić information content (AvgIpc) is 1.61. The molecule has 12 heterocycles. The van der Waals surface area contributed by atoms with Gasteiger partial charge in [-0.3, -0.25) is 14.4 Å². The predicted molar refractivity (Wildman–Crippen MR) is 405 cm³/mol. The van der Waals surface area contributed by atoms with E-state index in [-0.39, 0.29) is 53.6 Å². The van der Waals surface area contributed by atoms with E-state index in [9.17, 15) is 14.4 Å². The van der Waals surface area contributed by atoms with Gasteiger partial charge in [0.1, 0.15) is 57.5 Å². The number of amides is 3. The normalized spacial score (nSPS) is 13.1. The number of oxazole rings is 1. The van der Waals surface area contributed by atoms with Crippen LogP contribution in [-0.4, -0.2) is 176 Å². The number of aryl methyl sites for hydroxylation is 2. The second kappa shape index (κ2) is 32.9. The van der Waals surface area contributed by atoms with Crippen LogP contribution in [0.3, 0.4) is 0 Å². The number of nitrogens with zero attached hydrogens (tertiary/aromatic N) is 10. The lowest BCUT2D eigenvalue weighted by molar-refractivity contribution is 0.0242. The van der Waals surface area contributed by atoms with E-state index in [4.69, 9.17) is 67.0 Å². The van der Waals surface area contributed by atoms with Gasteiger partial charge in [-0.05, 0) is 97.8 Å². The van der Waals surface area contributed by atoms with E-state index in [0.29, 0.717) is 130 Å². The zero-order valence-electron chi connectivity index (χ0n) is 61.2. The van der Waals surface area contributed by atoms with Gasteiger partial charge in [0.2, 0.25) is 47.2 Å². The summed E-state index contributed by atoms with van der Waals surface area (Å²) in [4.78, 5) is 86.8. The summed E-state index contributed by atoms with van der Waals surface area (Å²) >= 11 is 0. The first-order valence-corrected chi connectivity index (χ1v) is 34.7. The summed E-state index contributed by atoms with van der Waals surface area (Å²) in [6.07, 6.45) is 14.4. The molecule has 0 saturated carbocycles. The Morgan fingerprint density at radius 3 is 1.51 bits per heavy atom. The van der Waals surface area contributed by atoms with Gasteiger partial charge in [0, 0.05) is 137 Å². The fraction of sp³-hybridized carbons (Fsp3) is 0.289. The van der Waals surface area contributed by atoms with Crippen LogP contribution in [0.15, 0.2) is 127 Å². The maximum Gasteiger partial charge on any atom is 0.269 e. The third kappa shape index (κ3) is 16.4. The van der Waals surface area contributed by atoms with Gasteiger partial charge in [0.25, 0.3) is 17.7 Å². The van der Waals surface area contributed by atoms with Crippen LogP contribution in [0.1, 0.15) is 76.6 Å². The lowest BCUT2D eigenvalue weighted by Crippen LogP contribution is -2.26. The second-order valence-electron chi connectivity index (χ2n) is 25.1. The topological polar surface area (TPSA) is 388 Å². The summed E-state index contributed by atoms with van der Waals surface area (Å²) in [5.74, 6) is 3.92. The molecule has 2 aliphatic heterocycles. The largest absolute Gasteiger partial charge is 0.495 e. The highest BCUT2D eigenvalue weighted by atomic mass is 16.5. The van der Waals surface area contributed by atoms with Crippen LogP contribution in [0.5, 0.6) is 40.9 Å². The molecule has 32 heteroatoms. The zero-order valence-corrected chi connectivity index (χ0v) is 61.2. The predicted octanol–water partition coefficient (Wildman–Crippen LogP) is 11.7. The molecular formula is C76H81N19O13. The van der Waals surface area contributed by atoms with Crippen molar-refractivity contribution in [2.24, 2.45) is 7.05 Å². The fourth-order valence-electron chi connectivity index (χ4n) is 12.3. The number of ether oxygens (including phenoxy) is 9. The molecule has 0 aliphatic carbocycles. The number of carbonyl (C=O) groups is 3. The zero-order chi connectivity index (χ0) is 75.5. The van der Waals surface area contributed by atoms with Crippen molar-refractivity contribution in [2.75, 3.05) is 92.0 Å². The van der Waals surface area contributed by atoms with E-state index >= 15 is 0 Å². The Morgan fingerprint density at radius 2 is 1.02 bits per heavy atom. The standard InChI is InChI=1S/C27H27N7O5.C25H28N6O4.C24H26N6O4/c1-14-30-18-5-4-15(12-21(18)38-14)17-13-29-23-22(17)26(39-16-8-10-37-11-9-16)34-27(33-23)32-20-7-6-19(24(35)28-2)31-25(20)36-3;1-26-23(32)15-4-5-19(20(12-15)33-3)28-25-29-22-21(18(13-27-22)16-6-9-31(2)14-16)24(30-25)35-17-7-10-34-11-8-17;1-13(2)34-23-20-16(14-8-9-26-19(11-14)33-5)12-27-21(20)29-24(30-23)28-17-7-6-15(22(31)25-3)10-18(17)32-4/h4-7,12-13,16H,8-11H2,1-3H3,(H,28,35)(H2,29,32,33,34);4-6,9,12-14,17H,7-8,10-11H2,1-3H3,(H,26,32)(H2,27,28,29,30);6-13H,1-5H3,(H,25,31)(H2,27,28,29,30). The van der Waals surface area contributed by atoms with Crippen molar-refractivity contribution < 1.29 is 61.4 Å². The number of pyridine rings is 2. The summed E-state index contributed by atoms with van der Waals surface area (Å²) in [7, 11) is 12.8. The molecule has 2 fully saturated rings. The molecule has 3 amide bonds. The number of rotatable bonds is 22. The van der Waals surface area contributed by atoms with Crippen molar-refractivity contribution in [3.63, 3.8) is 0 Å². The number of H-pyrrole nitrogens is 3. The summed E-state index contributed by atoms with van der Waals surface area (Å²) in [6, 6.07) is 25.1. The van der Waals surface area contributed by atoms with E-state index in [1.54, 1.807) is 90.1 Å². The average molecular weight is 1470 g/mol. The Labute approximate surface area is 618 Å². The number of anilines is 6. The van der Waals surface area contributed by atoms with Crippen LogP contribution in [0.25, 0.3) is 77.6 Å². The van der Waals surface area contributed by atoms with E-state index in [1.165, 1.54) is 14.2 Å². The molecule has 0 bridgehead atoms. The Hall–Kier alpha value is -13.1. The van der Waals surface area contributed by atoms with Crippen molar-refractivity contribution in [3.8, 4) is 74.3 Å². The van der Waals surface area contributed by atoms with Crippen molar-refractivity contribution >= 4 is 96.8 Å². The molecule has 9 N–H and O–H groups in total. The van der Waals surface area contributed by atoms with Crippen molar-refractivity contribution in [3.05, 3.63) is 145 Å². The van der Waals surface area contributed by atoms with Crippen LogP contribution in [-0.2, 0) is 16.5 Å². The van der Waals surface area contributed by atoms with E-state index < -0.39 is 0 Å². The number of methoxy groups -OCH3 is 4. The third-order valence-electron chi connectivity index (χ3n) is 17.6. The number of aromatic nitrogens is 13. The number of nitrogens with one attached hydrogen (secondary N) is 9. The molecule has 15 rings (SSSR count). The van der Waals surface area contributed by atoms with Crippen LogP contribution >= 0.6 is 0 Å². The molecule has 0 radical (unpaired) electrons. The first-order chi connectivity index (χ1) is 52.5. The molecule has 2 saturated heterocycles. The van der Waals surface area contributed by atoms with Gasteiger partial charge in [-0.15, -0.1) is 0 Å². The van der Waals surface area contributed by atoms with E-state index in [1.807, 2.05) is 99.8 Å². The molecule has 3 aromatic carbocycles. The third-order valence-corrected chi connectivity index (χ3v) is 17.6. The lowest BCUT2D eigenvalue weighted by Gasteiger charge is -2.23. The lowest BCUT2D eigenvalue weighted by atomic mass is 10.1. The number of benzene rings is 3. The summed E-state index contributed by atoms with van der Waals surface area (Å²) < 4.78 is 59.3. The second-order valence-corrected chi connectivity index (χ2v) is 25.1. The minimum Gasteiger partial charge on any atom is -0.495 e. The van der Waals surface area contributed by atoms with Crippen LogP contribution in [0.4, 0.5) is 34.9 Å². The van der Waals surface area contributed by atoms with Crippen molar-refractivity contribution in [1.29, 1.82) is 0 Å². The molecule has 0 unspecified atom stereocenters. The minimum absolute atomic E-state index is 0.00889. The first-order valence-electron chi connectivity index (χ1n) is 34.7. The quantitative estimate of drug-likeness (QED) is 0.0304. The molecule has 108 heavy (non-hydrogen) atoms. The maximum absolute atomic E-state index is 12.0. The van der Waals surface area contributed by atoms with Crippen LogP contribution in [0, 0.1) is 6.92 Å². The Kier molecular flexibility index (Phi) is 22.3. The summed E-state index contributed by atoms with van der Waals surface area (Å²) in [5, 5.41) is 19.7. The highest BCUT2D eigenvalue weighted by Gasteiger charge is 2.27. The summed E-state index contributed by atoms with van der Waals surface area (Å²) in [6.45, 7) is 8.28. The molecule has 0 spiro atoms. The van der Waals surface area contributed by atoms with Gasteiger partial charge in [-0.2, -0.15) is 29.9 Å². The fourth-order valence-corrected chi connectivity index (χ4v) is 12.3. The monoisotopic (exact) mass is 1470 g/mol. The Bertz CT molecular complexity index is 5410. The van der Waals surface area contributed by atoms with E-state index in [2.05, 4.69) is 71.8 Å². The molecule has 0 atom stereocenters. The van der Waals surface area contributed by atoms with Gasteiger partial charge in [-0.1, -0.05) is 6.07 Å². The van der Waals surface area contributed by atoms with Crippen molar-refractivity contribution in [1.82, 2.24) is 80.3 Å². The smallest absolute Gasteiger partial charge is 0.269 e. The SMILES string of the molecule is CNC(=O)c1ccc(Nc2nc(OC(C)C)c3c(-c4ccnc(OC)c4)c[nH]c3n2)c(OC)c1.CNC(=O)c1ccc(Nc2nc(OC3CCOCC3)c3c(-c4ccc5nc(C)oc5c4)c[nH]c3n2)c(OC)n1.CNC(=O)c1ccc(Nc2nc(OC3CCOCC3)c3c(-c4ccn(C)c4)c[nH]c3n2)c(OC)c1. The highest BCUT2D eigenvalue weighted by Crippen LogP contribution is 2.42. The molecule has 32 nitrogen and oxygen atoms in total. The Balaban J connectivity index is 0.000000143. The number of aromatic amines is 3. The Morgan fingerprint density at radius 1 is 0.519 bits per heavy atom. The summed E-state index contributed by atoms with van der Waals surface area (Å²) in [5.41, 5.74) is 11.9. The number of hydrogen-bond acceptors (Lipinski definition) is 25. The van der Waals surface area contributed by atoms with Gasteiger partial charge in [0.15, 0.2) is 11.5 Å². The maximum atomic E-state index is 12.0. The molecule has 558 valence electrons. The van der Waals surface area contributed by atoms with Gasteiger partial charge >= 0.3 is 0 Å². The van der Waals surface area contributed by atoms with Crippen LogP contribution < -0.4 is 65.1 Å². The number of hydrogen-bond donors (Lipinski definition) is 9. The molecule has 13 aromatic rings. The molecule has 10 aromatic heterocycles. The first kappa shape index (κ1) is 73.2.